The molecule has 0 amide bonds. The van der Waals surface area contributed by atoms with Crippen LogP contribution in [0.4, 0.5) is 5.69 Å². The number of halogens is 1. The summed E-state index contributed by atoms with van der Waals surface area (Å²) in [6.07, 6.45) is 0. The van der Waals surface area contributed by atoms with Gasteiger partial charge in [-0.2, -0.15) is 0 Å². The molecule has 0 atom stereocenters. The summed E-state index contributed by atoms with van der Waals surface area (Å²) in [5.74, 6) is 0. The van der Waals surface area contributed by atoms with E-state index in [-0.39, 0.29) is 5.11 Å². The quantitative estimate of drug-likeness (QED) is 0.706. The van der Waals surface area contributed by atoms with Crippen LogP contribution in [0.2, 0.25) is 5.02 Å². The van der Waals surface area contributed by atoms with Gasteiger partial charge in [0.25, 0.3) is 0 Å². The molecule has 4 heteroatoms. The number of thiocarbonyl (C=S) groups is 1. The second-order valence-corrected chi connectivity index (χ2v) is 3.77. The summed E-state index contributed by atoms with van der Waals surface area (Å²) >= 11 is 10.7. The molecule has 3 N–H and O–H groups in total. The Balaban J connectivity index is 3.13. The van der Waals surface area contributed by atoms with E-state index in [0.717, 1.165) is 16.8 Å². The molecule has 13 heavy (non-hydrogen) atoms. The van der Waals surface area contributed by atoms with Gasteiger partial charge in [0.15, 0.2) is 5.11 Å². The van der Waals surface area contributed by atoms with Crippen molar-refractivity contribution in [1.82, 2.24) is 0 Å². The molecular weight excluding hydrogens is 204 g/mol. The molecule has 1 rings (SSSR count). The highest BCUT2D eigenvalue weighted by molar-refractivity contribution is 7.80. The summed E-state index contributed by atoms with van der Waals surface area (Å²) in [6.45, 7) is 3.95. The molecule has 0 saturated carbocycles. The van der Waals surface area contributed by atoms with Gasteiger partial charge in [0, 0.05) is 0 Å². The maximum Gasteiger partial charge on any atom is 0.168 e. The number of rotatable bonds is 1. The van der Waals surface area contributed by atoms with Crippen molar-refractivity contribution < 1.29 is 0 Å². The maximum atomic E-state index is 6.00. The van der Waals surface area contributed by atoms with Crippen molar-refractivity contribution >= 4 is 34.6 Å². The van der Waals surface area contributed by atoms with E-state index in [2.05, 4.69) is 5.32 Å². The first-order valence-corrected chi connectivity index (χ1v) is 4.62. The van der Waals surface area contributed by atoms with Gasteiger partial charge in [0.05, 0.1) is 10.7 Å². The molecule has 70 valence electrons. The second-order valence-electron chi connectivity index (χ2n) is 2.93. The highest BCUT2D eigenvalue weighted by atomic mass is 35.5. The van der Waals surface area contributed by atoms with Gasteiger partial charge in [-0.1, -0.05) is 17.7 Å². The van der Waals surface area contributed by atoms with Crippen LogP contribution in [0.1, 0.15) is 11.1 Å². The molecule has 0 fully saturated rings. The summed E-state index contributed by atoms with van der Waals surface area (Å²) in [6, 6.07) is 3.89. The van der Waals surface area contributed by atoms with Crippen LogP contribution >= 0.6 is 23.8 Å². The summed E-state index contributed by atoms with van der Waals surface area (Å²) in [5.41, 5.74) is 8.31. The Morgan fingerprint density at radius 1 is 1.46 bits per heavy atom. The molecule has 0 saturated heterocycles. The number of nitrogens with two attached hydrogens (primary N) is 1. The minimum absolute atomic E-state index is 0.230. The minimum atomic E-state index is 0.230. The molecule has 1 aromatic carbocycles. The SMILES string of the molecule is Cc1cc(C)c(NC(N)=S)c(Cl)c1. The minimum Gasteiger partial charge on any atom is -0.376 e. The first kappa shape index (κ1) is 10.3. The summed E-state index contributed by atoms with van der Waals surface area (Å²) in [7, 11) is 0. The lowest BCUT2D eigenvalue weighted by molar-refractivity contribution is 1.38. The van der Waals surface area contributed by atoms with Gasteiger partial charge in [0.1, 0.15) is 0 Å². The van der Waals surface area contributed by atoms with E-state index in [1.165, 1.54) is 0 Å². The molecular formula is C9H11ClN2S. The van der Waals surface area contributed by atoms with Crippen molar-refractivity contribution in [1.29, 1.82) is 0 Å². The summed E-state index contributed by atoms with van der Waals surface area (Å²) < 4.78 is 0. The lowest BCUT2D eigenvalue weighted by Crippen LogP contribution is -2.19. The number of nitrogens with one attached hydrogen (secondary N) is 1. The van der Waals surface area contributed by atoms with Gasteiger partial charge < -0.3 is 11.1 Å². The van der Waals surface area contributed by atoms with Crippen LogP contribution in [0, 0.1) is 13.8 Å². The Hall–Kier alpha value is -0.800. The molecule has 0 aliphatic rings. The number of anilines is 1. The van der Waals surface area contributed by atoms with Gasteiger partial charge in [-0.25, -0.2) is 0 Å². The number of hydrogen-bond donors (Lipinski definition) is 2. The Bertz CT molecular complexity index is 326. The van der Waals surface area contributed by atoms with Crippen LogP contribution in [-0.4, -0.2) is 5.11 Å². The molecule has 0 aliphatic carbocycles. The Kier molecular flexibility index (Phi) is 3.12. The van der Waals surface area contributed by atoms with Crippen LogP contribution in [0.15, 0.2) is 12.1 Å². The molecule has 2 nitrogen and oxygen atoms in total. The van der Waals surface area contributed by atoms with Gasteiger partial charge in [-0.15, -0.1) is 0 Å². The van der Waals surface area contributed by atoms with Crippen LogP contribution in [-0.2, 0) is 0 Å². The molecule has 0 bridgehead atoms. The summed E-state index contributed by atoms with van der Waals surface area (Å²) in [4.78, 5) is 0. The van der Waals surface area contributed by atoms with Crippen molar-refractivity contribution in [3.63, 3.8) is 0 Å². The van der Waals surface area contributed by atoms with E-state index in [1.54, 1.807) is 0 Å². The van der Waals surface area contributed by atoms with Crippen molar-refractivity contribution in [3.8, 4) is 0 Å². The number of aryl methyl sites for hydroxylation is 2. The third-order valence-electron chi connectivity index (χ3n) is 1.68. The normalized spacial score (nSPS) is 9.77. The molecule has 0 spiro atoms. The third-order valence-corrected chi connectivity index (χ3v) is 2.08. The van der Waals surface area contributed by atoms with Crippen molar-refractivity contribution in [3.05, 3.63) is 28.3 Å². The fourth-order valence-electron chi connectivity index (χ4n) is 1.20. The molecule has 0 radical (unpaired) electrons. The highest BCUT2D eigenvalue weighted by Gasteiger charge is 2.04. The lowest BCUT2D eigenvalue weighted by Gasteiger charge is -2.10. The Morgan fingerprint density at radius 3 is 2.54 bits per heavy atom. The van der Waals surface area contributed by atoms with E-state index in [1.807, 2.05) is 26.0 Å². The van der Waals surface area contributed by atoms with E-state index in [4.69, 9.17) is 29.6 Å². The highest BCUT2D eigenvalue weighted by Crippen LogP contribution is 2.26. The Labute approximate surface area is 88.1 Å². The molecule has 0 aromatic heterocycles. The predicted octanol–water partition coefficient (Wildman–Crippen LogP) is 2.61. The number of benzene rings is 1. The topological polar surface area (TPSA) is 38.0 Å². The summed E-state index contributed by atoms with van der Waals surface area (Å²) in [5, 5.41) is 3.72. The van der Waals surface area contributed by atoms with Crippen LogP contribution in [0.3, 0.4) is 0 Å². The zero-order valence-electron chi connectivity index (χ0n) is 7.52. The second kappa shape index (κ2) is 3.94. The monoisotopic (exact) mass is 214 g/mol. The van der Waals surface area contributed by atoms with Gasteiger partial charge in [-0.3, -0.25) is 0 Å². The van der Waals surface area contributed by atoms with E-state index < -0.39 is 0 Å². The van der Waals surface area contributed by atoms with Crippen molar-refractivity contribution in [2.24, 2.45) is 5.73 Å². The third kappa shape index (κ3) is 2.57. The fraction of sp³-hybridized carbons (Fsp3) is 0.222. The smallest absolute Gasteiger partial charge is 0.168 e. The van der Waals surface area contributed by atoms with Gasteiger partial charge in [-0.05, 0) is 43.3 Å². The Morgan fingerprint density at radius 2 is 2.08 bits per heavy atom. The molecule has 0 unspecified atom stereocenters. The first-order chi connectivity index (χ1) is 6.00. The predicted molar refractivity (Wildman–Crippen MR) is 61.3 cm³/mol. The van der Waals surface area contributed by atoms with E-state index >= 15 is 0 Å². The zero-order chi connectivity index (χ0) is 10.0. The molecule has 0 aliphatic heterocycles. The standard InChI is InChI=1S/C9H11ClN2S/c1-5-3-6(2)8(7(10)4-5)12-9(11)13/h3-4H,1-2H3,(H3,11,12,13). The van der Waals surface area contributed by atoms with Crippen LogP contribution < -0.4 is 11.1 Å². The fourth-order valence-corrected chi connectivity index (χ4v) is 1.67. The molecule has 0 heterocycles. The van der Waals surface area contributed by atoms with Crippen molar-refractivity contribution in [2.75, 3.05) is 5.32 Å². The van der Waals surface area contributed by atoms with Crippen LogP contribution in [0.5, 0.6) is 0 Å². The zero-order valence-corrected chi connectivity index (χ0v) is 9.09. The maximum absolute atomic E-state index is 6.00. The van der Waals surface area contributed by atoms with E-state index in [9.17, 15) is 0 Å². The van der Waals surface area contributed by atoms with Crippen molar-refractivity contribution in [2.45, 2.75) is 13.8 Å². The lowest BCUT2D eigenvalue weighted by atomic mass is 10.1. The first-order valence-electron chi connectivity index (χ1n) is 3.84. The molecule has 1 aromatic rings. The van der Waals surface area contributed by atoms with Gasteiger partial charge in [0.2, 0.25) is 0 Å². The van der Waals surface area contributed by atoms with E-state index in [0.29, 0.717) is 5.02 Å². The largest absolute Gasteiger partial charge is 0.376 e. The van der Waals surface area contributed by atoms with Gasteiger partial charge >= 0.3 is 0 Å². The number of hydrogen-bond acceptors (Lipinski definition) is 1. The van der Waals surface area contributed by atoms with Crippen LogP contribution in [0.25, 0.3) is 0 Å². The average Bonchev–Trinajstić information content (AvgIpc) is 1.96. The average molecular weight is 215 g/mol.